The van der Waals surface area contributed by atoms with Crippen molar-refractivity contribution < 1.29 is 28.6 Å². The number of rotatable bonds is 7. The summed E-state index contributed by atoms with van der Waals surface area (Å²) in [5.74, 6) is -0.0469. The third-order valence-electron chi connectivity index (χ3n) is 6.31. The molecular weight excluding hydrogens is 532 g/mol. The third kappa shape index (κ3) is 5.13. The van der Waals surface area contributed by atoms with Crippen LogP contribution >= 0.6 is 11.3 Å². The molecule has 0 amide bonds. The molecule has 0 bridgehead atoms. The van der Waals surface area contributed by atoms with E-state index in [1.165, 1.54) is 28.0 Å². The number of nitrogens with zero attached hydrogens (tertiary/aromatic N) is 2. The summed E-state index contributed by atoms with van der Waals surface area (Å²) in [6.45, 7) is 5.26. The molecule has 9 nitrogen and oxygen atoms in total. The van der Waals surface area contributed by atoms with Gasteiger partial charge < -0.3 is 19.0 Å². The molecule has 10 heteroatoms. The number of carbonyl (C=O) groups excluding carboxylic acids is 1. The molecule has 0 saturated heterocycles. The number of carboxylic acids is 1. The fourth-order valence-corrected chi connectivity index (χ4v) is 5.51. The van der Waals surface area contributed by atoms with Crippen molar-refractivity contribution in [1.29, 1.82) is 0 Å². The molecule has 40 heavy (non-hydrogen) atoms. The van der Waals surface area contributed by atoms with E-state index in [1.807, 2.05) is 12.1 Å². The topological polar surface area (TPSA) is 120 Å². The van der Waals surface area contributed by atoms with Gasteiger partial charge in [-0.2, -0.15) is 0 Å². The van der Waals surface area contributed by atoms with Gasteiger partial charge in [-0.05, 0) is 62.7 Å². The smallest absolute Gasteiger partial charge is 0.338 e. The highest BCUT2D eigenvalue weighted by molar-refractivity contribution is 7.07. The molecule has 204 valence electrons. The number of aromatic nitrogens is 1. The normalized spacial score (nSPS) is 15.1. The summed E-state index contributed by atoms with van der Waals surface area (Å²) in [4.78, 5) is 43.4. The van der Waals surface area contributed by atoms with E-state index in [0.717, 1.165) is 0 Å². The molecule has 1 atom stereocenters. The lowest BCUT2D eigenvalue weighted by Gasteiger charge is -2.25. The molecule has 0 fully saturated rings. The van der Waals surface area contributed by atoms with Gasteiger partial charge in [0.1, 0.15) is 17.3 Å². The van der Waals surface area contributed by atoms with Crippen LogP contribution in [0.5, 0.6) is 5.75 Å². The van der Waals surface area contributed by atoms with Gasteiger partial charge in [0.05, 0.1) is 40.6 Å². The monoisotopic (exact) mass is 558 g/mol. The summed E-state index contributed by atoms with van der Waals surface area (Å²) in [5.41, 5.74) is 1.87. The Morgan fingerprint density at radius 1 is 1.12 bits per heavy atom. The molecule has 2 aromatic heterocycles. The lowest BCUT2D eigenvalue weighted by atomic mass is 9.96. The van der Waals surface area contributed by atoms with Crippen LogP contribution in [0.4, 0.5) is 0 Å². The van der Waals surface area contributed by atoms with E-state index in [4.69, 9.17) is 13.9 Å². The Bertz CT molecular complexity index is 1820. The molecule has 0 aliphatic carbocycles. The van der Waals surface area contributed by atoms with Crippen LogP contribution in [-0.2, 0) is 9.53 Å². The minimum atomic E-state index is -1.03. The molecular formula is C30H26N2O7S. The van der Waals surface area contributed by atoms with E-state index in [1.54, 1.807) is 70.4 Å². The van der Waals surface area contributed by atoms with Crippen molar-refractivity contribution in [3.05, 3.63) is 109 Å². The van der Waals surface area contributed by atoms with E-state index in [2.05, 4.69) is 4.99 Å². The van der Waals surface area contributed by atoms with Crippen LogP contribution in [0.1, 0.15) is 48.5 Å². The number of esters is 1. The zero-order valence-electron chi connectivity index (χ0n) is 22.2. The number of aromatic carboxylic acids is 1. The first-order valence-electron chi connectivity index (χ1n) is 12.5. The number of ether oxygens (including phenoxy) is 2. The molecule has 2 aromatic carbocycles. The molecule has 1 unspecified atom stereocenters. The number of benzene rings is 2. The van der Waals surface area contributed by atoms with Gasteiger partial charge in [-0.15, -0.1) is 0 Å². The Labute approximate surface area is 232 Å². The minimum absolute atomic E-state index is 0.143. The van der Waals surface area contributed by atoms with Crippen molar-refractivity contribution in [3.63, 3.8) is 0 Å². The fourth-order valence-electron chi connectivity index (χ4n) is 4.48. The van der Waals surface area contributed by atoms with Gasteiger partial charge in [0.2, 0.25) is 0 Å². The first kappa shape index (κ1) is 26.9. The number of furan rings is 1. The third-order valence-corrected chi connectivity index (χ3v) is 7.29. The highest BCUT2D eigenvalue weighted by Crippen LogP contribution is 2.32. The maximum atomic E-state index is 13.8. The van der Waals surface area contributed by atoms with Crippen LogP contribution in [-0.4, -0.2) is 34.8 Å². The maximum Gasteiger partial charge on any atom is 0.338 e. The van der Waals surface area contributed by atoms with Gasteiger partial charge in [0, 0.05) is 11.6 Å². The summed E-state index contributed by atoms with van der Waals surface area (Å²) >= 11 is 1.19. The molecule has 1 aliphatic heterocycles. The number of hydrogen-bond acceptors (Lipinski definition) is 8. The largest absolute Gasteiger partial charge is 0.497 e. The number of thiazole rings is 1. The van der Waals surface area contributed by atoms with E-state index in [0.29, 0.717) is 43.4 Å². The predicted octanol–water partition coefficient (Wildman–Crippen LogP) is 4.15. The second-order valence-electron chi connectivity index (χ2n) is 9.40. The molecule has 4 aromatic rings. The SMILES string of the molecule is COc1ccc(C2C(C(=O)OC(C)C)=C(C)N=c3sc(=Cc4ccc(-c5cccc(C(=O)O)c5)o4)c(=O)n32)cc1. The summed E-state index contributed by atoms with van der Waals surface area (Å²) in [6.07, 6.45) is 1.27. The number of allylic oxidation sites excluding steroid dienone is 1. The van der Waals surface area contributed by atoms with Gasteiger partial charge in [-0.1, -0.05) is 35.6 Å². The average molecular weight is 559 g/mol. The van der Waals surface area contributed by atoms with E-state index < -0.39 is 18.0 Å². The van der Waals surface area contributed by atoms with Gasteiger partial charge in [-0.25, -0.2) is 14.6 Å². The highest BCUT2D eigenvalue weighted by atomic mass is 32.1. The van der Waals surface area contributed by atoms with Crippen molar-refractivity contribution >= 4 is 29.4 Å². The van der Waals surface area contributed by atoms with Crippen LogP contribution in [0, 0.1) is 0 Å². The Morgan fingerprint density at radius 3 is 2.55 bits per heavy atom. The molecule has 0 saturated carbocycles. The van der Waals surface area contributed by atoms with Gasteiger partial charge >= 0.3 is 11.9 Å². The fraction of sp³-hybridized carbons (Fsp3) is 0.200. The Balaban J connectivity index is 1.61. The first-order valence-corrected chi connectivity index (χ1v) is 13.3. The summed E-state index contributed by atoms with van der Waals surface area (Å²) in [5, 5.41) is 9.29. The van der Waals surface area contributed by atoms with Gasteiger partial charge in [0.15, 0.2) is 4.80 Å². The first-order chi connectivity index (χ1) is 19.2. The van der Waals surface area contributed by atoms with E-state index in [-0.39, 0.29) is 22.8 Å². The van der Waals surface area contributed by atoms with Crippen LogP contribution in [0.2, 0.25) is 0 Å². The van der Waals surface area contributed by atoms with Crippen molar-refractivity contribution in [2.24, 2.45) is 4.99 Å². The molecule has 0 radical (unpaired) electrons. The Hall–Kier alpha value is -4.70. The lowest BCUT2D eigenvalue weighted by molar-refractivity contribution is -0.143. The second-order valence-corrected chi connectivity index (χ2v) is 10.4. The molecule has 1 aliphatic rings. The Kier molecular flexibility index (Phi) is 7.27. The molecule has 5 rings (SSSR count). The van der Waals surface area contributed by atoms with Crippen LogP contribution in [0.3, 0.4) is 0 Å². The van der Waals surface area contributed by atoms with Crippen molar-refractivity contribution in [2.75, 3.05) is 7.11 Å². The number of carbonyl (C=O) groups is 2. The lowest BCUT2D eigenvalue weighted by Crippen LogP contribution is -2.40. The molecule has 0 spiro atoms. The standard InChI is InChI=1S/C30H26N2O7S/c1-16(2)38-29(36)25-17(3)31-30-32(26(25)18-8-10-21(37-4)11-9-18)27(33)24(40-30)15-22-12-13-23(39-22)19-6-5-7-20(14-19)28(34)35/h5-16,26H,1-4H3,(H,34,35). The summed E-state index contributed by atoms with van der Waals surface area (Å²) < 4.78 is 18.6. The quantitative estimate of drug-likeness (QED) is 0.338. The summed E-state index contributed by atoms with van der Waals surface area (Å²) in [7, 11) is 1.57. The predicted molar refractivity (Wildman–Crippen MR) is 149 cm³/mol. The number of hydrogen-bond donors (Lipinski definition) is 1. The van der Waals surface area contributed by atoms with Crippen LogP contribution < -0.4 is 19.6 Å². The van der Waals surface area contributed by atoms with Gasteiger partial charge in [-0.3, -0.25) is 9.36 Å². The van der Waals surface area contributed by atoms with E-state index in [9.17, 15) is 19.5 Å². The highest BCUT2D eigenvalue weighted by Gasteiger charge is 2.33. The number of fused-ring (bicyclic) bond motifs is 1. The number of methoxy groups -OCH3 is 1. The van der Waals surface area contributed by atoms with Gasteiger partial charge in [0.25, 0.3) is 5.56 Å². The zero-order valence-corrected chi connectivity index (χ0v) is 23.0. The van der Waals surface area contributed by atoms with Crippen LogP contribution in [0.25, 0.3) is 17.4 Å². The molecule has 3 heterocycles. The van der Waals surface area contributed by atoms with Crippen molar-refractivity contribution in [3.8, 4) is 17.1 Å². The minimum Gasteiger partial charge on any atom is -0.497 e. The van der Waals surface area contributed by atoms with Crippen molar-refractivity contribution in [1.82, 2.24) is 4.57 Å². The van der Waals surface area contributed by atoms with E-state index >= 15 is 0 Å². The Morgan fingerprint density at radius 2 is 1.88 bits per heavy atom. The summed E-state index contributed by atoms with van der Waals surface area (Å²) in [6, 6.07) is 16.3. The zero-order chi connectivity index (χ0) is 28.6. The van der Waals surface area contributed by atoms with Crippen LogP contribution in [0.15, 0.2) is 86.1 Å². The number of carboxylic acid groups (broad SMARTS) is 1. The molecule has 1 N–H and O–H groups in total. The van der Waals surface area contributed by atoms with Crippen molar-refractivity contribution in [2.45, 2.75) is 32.9 Å². The average Bonchev–Trinajstić information content (AvgIpc) is 3.52. The second kappa shape index (κ2) is 10.8. The maximum absolute atomic E-state index is 13.8.